The minimum Gasteiger partial charge on any atom is -0.354 e. The van der Waals surface area contributed by atoms with E-state index in [1.807, 2.05) is 71.0 Å². The first-order valence-corrected chi connectivity index (χ1v) is 14.7. The van der Waals surface area contributed by atoms with Crippen LogP contribution in [0.25, 0.3) is 0 Å². The Morgan fingerprint density at radius 3 is 2.15 bits per heavy atom. The number of nitrogens with zero attached hydrogens (tertiary/aromatic N) is 2. The predicted octanol–water partition coefficient (Wildman–Crippen LogP) is 5.06. The lowest BCUT2D eigenvalue weighted by molar-refractivity contribution is -0.139. The zero-order valence-electron chi connectivity index (χ0n) is 23.7. The van der Waals surface area contributed by atoms with Crippen LogP contribution < -0.4 is 9.62 Å². The smallest absolute Gasteiger partial charge is 0.264 e. The average Bonchev–Trinajstić information content (AvgIpc) is 2.90. The van der Waals surface area contributed by atoms with E-state index in [0.29, 0.717) is 12.2 Å². The van der Waals surface area contributed by atoms with Crippen LogP contribution >= 0.6 is 0 Å². The van der Waals surface area contributed by atoms with Crippen LogP contribution in [0.2, 0.25) is 0 Å². The van der Waals surface area contributed by atoms with Gasteiger partial charge in [-0.3, -0.25) is 13.9 Å². The number of benzene rings is 3. The number of anilines is 1. The number of carbonyl (C=O) groups excluding carboxylic acids is 2. The molecule has 0 aliphatic rings. The summed E-state index contributed by atoms with van der Waals surface area (Å²) >= 11 is 0. The number of amides is 2. The fourth-order valence-electron chi connectivity index (χ4n) is 4.32. The summed E-state index contributed by atoms with van der Waals surface area (Å²) in [7, 11) is -4.09. The molecule has 0 radical (unpaired) electrons. The van der Waals surface area contributed by atoms with E-state index in [1.54, 1.807) is 37.3 Å². The predicted molar refractivity (Wildman–Crippen MR) is 156 cm³/mol. The van der Waals surface area contributed by atoms with Gasteiger partial charge in [-0.15, -0.1) is 0 Å². The van der Waals surface area contributed by atoms with Crippen LogP contribution in [0.4, 0.5) is 5.69 Å². The number of hydrogen-bond donors (Lipinski definition) is 1. The van der Waals surface area contributed by atoms with Crippen molar-refractivity contribution in [3.8, 4) is 0 Å². The summed E-state index contributed by atoms with van der Waals surface area (Å²) in [6, 6.07) is 19.0. The molecular weight excluding hydrogens is 510 g/mol. The molecule has 0 bridgehead atoms. The lowest BCUT2D eigenvalue weighted by Gasteiger charge is -2.32. The van der Waals surface area contributed by atoms with Crippen LogP contribution in [0.15, 0.2) is 71.6 Å². The van der Waals surface area contributed by atoms with Crippen molar-refractivity contribution in [2.75, 3.05) is 17.4 Å². The van der Waals surface area contributed by atoms with Crippen molar-refractivity contribution in [3.05, 3.63) is 94.5 Å². The topological polar surface area (TPSA) is 86.8 Å². The zero-order chi connectivity index (χ0) is 28.7. The van der Waals surface area contributed by atoms with Crippen molar-refractivity contribution < 1.29 is 18.0 Å². The summed E-state index contributed by atoms with van der Waals surface area (Å²) in [4.78, 5) is 28.5. The molecule has 39 heavy (non-hydrogen) atoms. The Bertz CT molecular complexity index is 1420. The maximum absolute atomic E-state index is 14.0. The minimum atomic E-state index is -4.09. The minimum absolute atomic E-state index is 0.0979. The van der Waals surface area contributed by atoms with Crippen LogP contribution in [-0.4, -0.2) is 44.3 Å². The van der Waals surface area contributed by atoms with Gasteiger partial charge in [0.1, 0.15) is 12.6 Å². The highest BCUT2D eigenvalue weighted by atomic mass is 32.2. The van der Waals surface area contributed by atoms with Crippen molar-refractivity contribution in [1.29, 1.82) is 0 Å². The fraction of sp³-hybridized carbons (Fsp3) is 0.355. The highest BCUT2D eigenvalue weighted by molar-refractivity contribution is 7.92. The second-order valence-corrected chi connectivity index (χ2v) is 12.0. The molecule has 1 atom stereocenters. The van der Waals surface area contributed by atoms with Crippen LogP contribution in [0, 0.1) is 27.7 Å². The molecule has 0 aromatic heterocycles. The Morgan fingerprint density at radius 1 is 0.872 bits per heavy atom. The maximum Gasteiger partial charge on any atom is 0.264 e. The van der Waals surface area contributed by atoms with Gasteiger partial charge in [-0.1, -0.05) is 66.6 Å². The van der Waals surface area contributed by atoms with Gasteiger partial charge in [0.2, 0.25) is 11.8 Å². The summed E-state index contributed by atoms with van der Waals surface area (Å²) in [6.45, 7) is 11.4. The highest BCUT2D eigenvalue weighted by Crippen LogP contribution is 2.28. The lowest BCUT2D eigenvalue weighted by Crippen LogP contribution is -2.51. The molecule has 0 heterocycles. The molecule has 3 rings (SSSR count). The highest BCUT2D eigenvalue weighted by Gasteiger charge is 2.33. The van der Waals surface area contributed by atoms with Gasteiger partial charge < -0.3 is 10.2 Å². The first kappa shape index (κ1) is 29.9. The van der Waals surface area contributed by atoms with Gasteiger partial charge in [0.15, 0.2) is 0 Å². The molecule has 7 nitrogen and oxygen atoms in total. The van der Waals surface area contributed by atoms with E-state index in [0.717, 1.165) is 34.2 Å². The summed E-state index contributed by atoms with van der Waals surface area (Å²) < 4.78 is 29.1. The molecule has 3 aromatic carbocycles. The maximum atomic E-state index is 14.0. The third kappa shape index (κ3) is 7.47. The zero-order valence-corrected chi connectivity index (χ0v) is 24.5. The third-order valence-electron chi connectivity index (χ3n) is 6.67. The Labute approximate surface area is 232 Å². The molecule has 0 saturated carbocycles. The number of rotatable bonds is 11. The van der Waals surface area contributed by atoms with E-state index in [1.165, 1.54) is 9.21 Å². The standard InChI is InChI=1S/C31H39N3O4S/c1-7-17-32-31(36)26(6)33(20-27-10-8-9-23(3)18-27)30(35)21-34(29-19-24(4)11-14-25(29)5)39(37,38)28-15-12-22(2)13-16-28/h8-16,18-19,26H,7,17,20-21H2,1-6H3,(H,32,36)/t26-/m1/s1. The SMILES string of the molecule is CCCNC(=O)[C@@H](C)N(Cc1cccc(C)c1)C(=O)CN(c1cc(C)ccc1C)S(=O)(=O)c1ccc(C)cc1. The first-order chi connectivity index (χ1) is 18.4. The molecule has 0 saturated heterocycles. The fourth-order valence-corrected chi connectivity index (χ4v) is 5.80. The monoisotopic (exact) mass is 549 g/mol. The normalized spacial score (nSPS) is 12.1. The summed E-state index contributed by atoms with van der Waals surface area (Å²) in [5.41, 5.74) is 4.85. The molecule has 0 fully saturated rings. The van der Waals surface area contributed by atoms with Crippen LogP contribution in [0.5, 0.6) is 0 Å². The Kier molecular flexibility index (Phi) is 9.92. The van der Waals surface area contributed by atoms with E-state index in [-0.39, 0.29) is 17.3 Å². The number of hydrogen-bond acceptors (Lipinski definition) is 4. The first-order valence-electron chi connectivity index (χ1n) is 13.2. The molecule has 0 unspecified atom stereocenters. The van der Waals surface area contributed by atoms with E-state index in [9.17, 15) is 18.0 Å². The summed E-state index contributed by atoms with van der Waals surface area (Å²) in [5.74, 6) is -0.746. The van der Waals surface area contributed by atoms with Gasteiger partial charge >= 0.3 is 0 Å². The second-order valence-electron chi connectivity index (χ2n) is 10.1. The van der Waals surface area contributed by atoms with Crippen molar-refractivity contribution in [2.24, 2.45) is 0 Å². The van der Waals surface area contributed by atoms with Gasteiger partial charge in [-0.05, 0) is 75.9 Å². The molecule has 0 aliphatic heterocycles. The number of nitrogens with one attached hydrogen (secondary N) is 1. The van der Waals surface area contributed by atoms with Gasteiger partial charge in [0.25, 0.3) is 10.0 Å². The van der Waals surface area contributed by atoms with E-state index in [4.69, 9.17) is 0 Å². The summed E-state index contributed by atoms with van der Waals surface area (Å²) in [6.07, 6.45) is 0.763. The quantitative estimate of drug-likeness (QED) is 0.362. The molecule has 208 valence electrons. The van der Waals surface area contributed by atoms with Crippen molar-refractivity contribution in [2.45, 2.75) is 65.4 Å². The number of carbonyl (C=O) groups is 2. The Morgan fingerprint density at radius 2 is 1.51 bits per heavy atom. The molecule has 1 N–H and O–H groups in total. The summed E-state index contributed by atoms with van der Waals surface area (Å²) in [5, 5.41) is 2.86. The van der Waals surface area contributed by atoms with Crippen LogP contribution in [0.3, 0.4) is 0 Å². The van der Waals surface area contributed by atoms with Crippen LogP contribution in [0.1, 0.15) is 48.1 Å². The van der Waals surface area contributed by atoms with Gasteiger partial charge in [0.05, 0.1) is 10.6 Å². The Hall–Kier alpha value is -3.65. The molecule has 0 aliphatic carbocycles. The van der Waals surface area contributed by atoms with Crippen molar-refractivity contribution in [1.82, 2.24) is 10.2 Å². The molecule has 8 heteroatoms. The average molecular weight is 550 g/mol. The molecular formula is C31H39N3O4S. The molecule has 2 amide bonds. The Balaban J connectivity index is 2.06. The second kappa shape index (κ2) is 12.9. The lowest BCUT2D eigenvalue weighted by atomic mass is 10.1. The molecule has 0 spiro atoms. The molecule has 3 aromatic rings. The number of aryl methyl sites for hydroxylation is 4. The number of sulfonamides is 1. The third-order valence-corrected chi connectivity index (χ3v) is 8.45. The van der Waals surface area contributed by atoms with Crippen LogP contribution in [-0.2, 0) is 26.2 Å². The van der Waals surface area contributed by atoms with Gasteiger partial charge in [-0.25, -0.2) is 8.42 Å². The van der Waals surface area contributed by atoms with E-state index >= 15 is 0 Å². The van der Waals surface area contributed by atoms with E-state index in [2.05, 4.69) is 5.32 Å². The van der Waals surface area contributed by atoms with Crippen molar-refractivity contribution in [3.63, 3.8) is 0 Å². The van der Waals surface area contributed by atoms with Crippen molar-refractivity contribution >= 4 is 27.5 Å². The largest absolute Gasteiger partial charge is 0.354 e. The van der Waals surface area contributed by atoms with E-state index < -0.39 is 28.5 Å². The van der Waals surface area contributed by atoms with Gasteiger partial charge in [-0.2, -0.15) is 0 Å². The van der Waals surface area contributed by atoms with Gasteiger partial charge in [0, 0.05) is 13.1 Å².